The van der Waals surface area contributed by atoms with Crippen molar-refractivity contribution in [2.45, 2.75) is 18.8 Å². The lowest BCUT2D eigenvalue weighted by atomic mass is 9.94. The lowest BCUT2D eigenvalue weighted by molar-refractivity contribution is 0.0706. The summed E-state index contributed by atoms with van der Waals surface area (Å²) in [4.78, 5) is 14.6. The van der Waals surface area contributed by atoms with Crippen molar-refractivity contribution < 1.29 is 13.2 Å². The van der Waals surface area contributed by atoms with Crippen molar-refractivity contribution in [2.24, 2.45) is 0 Å². The van der Waals surface area contributed by atoms with Gasteiger partial charge in [0.1, 0.15) is 0 Å². The Hall–Kier alpha value is -2.35. The van der Waals surface area contributed by atoms with Crippen LogP contribution in [-0.4, -0.2) is 55.8 Å². The Morgan fingerprint density at radius 3 is 2.60 bits per heavy atom. The molecule has 1 N–H and O–H groups in total. The van der Waals surface area contributed by atoms with Crippen molar-refractivity contribution in [2.75, 3.05) is 30.7 Å². The normalized spacial score (nSPS) is 18.2. The maximum Gasteiger partial charge on any atom is 0.253 e. The van der Waals surface area contributed by atoms with E-state index in [-0.39, 0.29) is 11.8 Å². The minimum Gasteiger partial charge on any atom is -0.338 e. The average molecular weight is 362 g/mol. The predicted molar refractivity (Wildman–Crippen MR) is 96.2 cm³/mol. The minimum atomic E-state index is -3.31. The molecule has 0 saturated carbocycles. The van der Waals surface area contributed by atoms with Gasteiger partial charge in [0, 0.05) is 43.5 Å². The lowest BCUT2D eigenvalue weighted by Gasteiger charge is -2.32. The van der Waals surface area contributed by atoms with E-state index in [0.717, 1.165) is 31.3 Å². The molecule has 1 aromatic carbocycles. The van der Waals surface area contributed by atoms with E-state index in [0.29, 0.717) is 17.8 Å². The van der Waals surface area contributed by atoms with Gasteiger partial charge in [-0.2, -0.15) is 5.10 Å². The molecule has 1 aliphatic rings. The molecule has 2 aromatic rings. The zero-order valence-electron chi connectivity index (χ0n) is 14.3. The standard InChI is InChI=1S/C17H22N4O3S/c1-20(25(2,23)24)15-7-5-13(6-8-15)17(22)21-11-3-4-14(12-21)16-9-10-18-19-16/h5-10,14H,3-4,11-12H2,1-2H3,(H,18,19)/t14-/m0/s1. The number of carbonyl (C=O) groups is 1. The number of carbonyl (C=O) groups excluding carboxylic acids is 1. The summed E-state index contributed by atoms with van der Waals surface area (Å²) in [5, 5.41) is 6.98. The second-order valence-electron chi connectivity index (χ2n) is 6.38. The molecule has 1 fully saturated rings. The largest absolute Gasteiger partial charge is 0.338 e. The summed E-state index contributed by atoms with van der Waals surface area (Å²) in [6.45, 7) is 1.39. The molecule has 7 nitrogen and oxygen atoms in total. The molecule has 0 spiro atoms. The van der Waals surface area contributed by atoms with Crippen LogP contribution in [0, 0.1) is 0 Å². The number of nitrogens with one attached hydrogen (secondary N) is 1. The number of aromatic amines is 1. The molecule has 0 unspecified atom stereocenters. The van der Waals surface area contributed by atoms with Crippen LogP contribution in [0.15, 0.2) is 36.5 Å². The van der Waals surface area contributed by atoms with Crippen molar-refractivity contribution in [3.63, 3.8) is 0 Å². The van der Waals surface area contributed by atoms with Crippen molar-refractivity contribution in [1.82, 2.24) is 15.1 Å². The Morgan fingerprint density at radius 2 is 2.00 bits per heavy atom. The number of aromatic nitrogens is 2. The molecular formula is C17H22N4O3S. The fourth-order valence-electron chi connectivity index (χ4n) is 3.10. The third kappa shape index (κ3) is 3.84. The van der Waals surface area contributed by atoms with Crippen LogP contribution in [-0.2, 0) is 10.0 Å². The number of hydrogen-bond acceptors (Lipinski definition) is 4. The van der Waals surface area contributed by atoms with Gasteiger partial charge < -0.3 is 4.90 Å². The monoisotopic (exact) mass is 362 g/mol. The Balaban J connectivity index is 1.72. The number of anilines is 1. The summed E-state index contributed by atoms with van der Waals surface area (Å²) in [7, 11) is -1.82. The number of nitrogens with zero attached hydrogens (tertiary/aromatic N) is 3. The number of sulfonamides is 1. The topological polar surface area (TPSA) is 86.4 Å². The first-order valence-electron chi connectivity index (χ1n) is 8.19. The van der Waals surface area contributed by atoms with Gasteiger partial charge in [0.2, 0.25) is 10.0 Å². The molecule has 1 aromatic heterocycles. The highest BCUT2D eigenvalue weighted by atomic mass is 32.2. The smallest absolute Gasteiger partial charge is 0.253 e. The summed E-state index contributed by atoms with van der Waals surface area (Å²) in [6, 6.07) is 8.63. The first-order valence-corrected chi connectivity index (χ1v) is 10.0. The van der Waals surface area contributed by atoms with Gasteiger partial charge in [-0.1, -0.05) is 0 Å². The summed E-state index contributed by atoms with van der Waals surface area (Å²) in [5.74, 6) is 0.244. The van der Waals surface area contributed by atoms with Crippen LogP contribution in [0.4, 0.5) is 5.69 Å². The van der Waals surface area contributed by atoms with Gasteiger partial charge in [-0.3, -0.25) is 14.2 Å². The third-order valence-corrected chi connectivity index (χ3v) is 5.85. The number of likely N-dealkylation sites (tertiary alicyclic amines) is 1. The van der Waals surface area contributed by atoms with Crippen LogP contribution in [0.5, 0.6) is 0 Å². The molecule has 25 heavy (non-hydrogen) atoms. The SMILES string of the molecule is CN(c1ccc(C(=O)N2CCC[C@H](c3ccn[nH]3)C2)cc1)S(C)(=O)=O. The zero-order chi connectivity index (χ0) is 18.0. The van der Waals surface area contributed by atoms with Gasteiger partial charge in [0.15, 0.2) is 0 Å². The third-order valence-electron chi connectivity index (χ3n) is 4.65. The molecule has 0 bridgehead atoms. The number of hydrogen-bond donors (Lipinski definition) is 1. The van der Waals surface area contributed by atoms with Gasteiger partial charge in [-0.15, -0.1) is 0 Å². The predicted octanol–water partition coefficient (Wildman–Crippen LogP) is 1.83. The van der Waals surface area contributed by atoms with Crippen molar-refractivity contribution in [3.05, 3.63) is 47.8 Å². The zero-order valence-corrected chi connectivity index (χ0v) is 15.2. The Labute approximate surface area is 147 Å². The van der Waals surface area contributed by atoms with Crippen LogP contribution in [0.25, 0.3) is 0 Å². The molecular weight excluding hydrogens is 340 g/mol. The van der Waals surface area contributed by atoms with Crippen LogP contribution < -0.4 is 4.31 Å². The Kier molecular flexibility index (Phi) is 4.80. The molecule has 1 aliphatic heterocycles. The minimum absolute atomic E-state index is 0.0298. The van der Waals surface area contributed by atoms with E-state index in [9.17, 15) is 13.2 Å². The highest BCUT2D eigenvalue weighted by Gasteiger charge is 2.26. The van der Waals surface area contributed by atoms with Crippen LogP contribution in [0.3, 0.4) is 0 Å². The molecule has 3 rings (SSSR count). The van der Waals surface area contributed by atoms with Crippen molar-refractivity contribution in [3.8, 4) is 0 Å². The maximum atomic E-state index is 12.8. The molecule has 0 aliphatic carbocycles. The second kappa shape index (κ2) is 6.87. The fraction of sp³-hybridized carbons (Fsp3) is 0.412. The highest BCUT2D eigenvalue weighted by molar-refractivity contribution is 7.92. The fourth-order valence-corrected chi connectivity index (χ4v) is 3.60. The summed E-state index contributed by atoms with van der Waals surface area (Å²) in [5.41, 5.74) is 2.16. The average Bonchev–Trinajstić information content (AvgIpc) is 3.15. The van der Waals surface area contributed by atoms with E-state index in [4.69, 9.17) is 0 Å². The van der Waals surface area contributed by atoms with Crippen molar-refractivity contribution >= 4 is 21.6 Å². The molecule has 1 atom stereocenters. The molecule has 134 valence electrons. The Morgan fingerprint density at radius 1 is 1.28 bits per heavy atom. The molecule has 1 saturated heterocycles. The van der Waals surface area contributed by atoms with Gasteiger partial charge in [-0.05, 0) is 43.2 Å². The molecule has 1 amide bonds. The lowest BCUT2D eigenvalue weighted by Crippen LogP contribution is -2.39. The van der Waals surface area contributed by atoms with E-state index < -0.39 is 10.0 Å². The van der Waals surface area contributed by atoms with Crippen molar-refractivity contribution in [1.29, 1.82) is 0 Å². The summed E-state index contributed by atoms with van der Waals surface area (Å²) in [6.07, 6.45) is 4.86. The molecule has 8 heteroatoms. The first kappa shape index (κ1) is 17.5. The van der Waals surface area contributed by atoms with Gasteiger partial charge in [-0.25, -0.2) is 8.42 Å². The van der Waals surface area contributed by atoms with Gasteiger partial charge in [0.25, 0.3) is 5.91 Å². The van der Waals surface area contributed by atoms with E-state index in [2.05, 4.69) is 10.2 Å². The summed E-state index contributed by atoms with van der Waals surface area (Å²) >= 11 is 0. The van der Waals surface area contributed by atoms with Crippen LogP contribution in [0.1, 0.15) is 34.8 Å². The molecule has 0 radical (unpaired) electrons. The summed E-state index contributed by atoms with van der Waals surface area (Å²) < 4.78 is 24.4. The highest BCUT2D eigenvalue weighted by Crippen LogP contribution is 2.26. The Bertz CT molecular complexity index is 831. The number of amides is 1. The van der Waals surface area contributed by atoms with Crippen LogP contribution in [0.2, 0.25) is 0 Å². The van der Waals surface area contributed by atoms with E-state index in [1.807, 2.05) is 11.0 Å². The van der Waals surface area contributed by atoms with Crippen LogP contribution >= 0.6 is 0 Å². The number of H-pyrrole nitrogens is 1. The van der Waals surface area contributed by atoms with E-state index >= 15 is 0 Å². The van der Waals surface area contributed by atoms with E-state index in [1.165, 1.54) is 11.4 Å². The number of benzene rings is 1. The first-order chi connectivity index (χ1) is 11.9. The van der Waals surface area contributed by atoms with Gasteiger partial charge >= 0.3 is 0 Å². The second-order valence-corrected chi connectivity index (χ2v) is 8.39. The number of rotatable bonds is 4. The molecule has 2 heterocycles. The number of piperidine rings is 1. The maximum absolute atomic E-state index is 12.8. The van der Waals surface area contributed by atoms with Gasteiger partial charge in [0.05, 0.1) is 11.9 Å². The quantitative estimate of drug-likeness (QED) is 0.899. The van der Waals surface area contributed by atoms with E-state index in [1.54, 1.807) is 30.5 Å².